The van der Waals surface area contributed by atoms with Gasteiger partial charge in [0, 0.05) is 84.5 Å². The van der Waals surface area contributed by atoms with Crippen molar-refractivity contribution in [2.24, 2.45) is 0 Å². The Labute approximate surface area is 312 Å². The number of nitro benzene ring substituents is 2. The van der Waals surface area contributed by atoms with Crippen LogP contribution in [0.15, 0.2) is 109 Å². The molecule has 0 aliphatic rings. The van der Waals surface area contributed by atoms with Crippen molar-refractivity contribution in [3.05, 3.63) is 152 Å². The third-order valence-corrected chi connectivity index (χ3v) is 9.13. The molecule has 0 amide bonds. The van der Waals surface area contributed by atoms with Gasteiger partial charge in [-0.3, -0.25) is 20.2 Å². The lowest BCUT2D eigenvalue weighted by Crippen LogP contribution is -2.42. The van der Waals surface area contributed by atoms with Gasteiger partial charge < -0.3 is 28.9 Å². The van der Waals surface area contributed by atoms with Gasteiger partial charge in [-0.05, 0) is 23.3 Å². The fraction of sp³-hybridized carbons (Fsp3) is 0.211. The number of carbonyl (C=O) groups excluding carboxylic acids is 2. The second kappa shape index (κ2) is 15.8. The van der Waals surface area contributed by atoms with E-state index in [1.165, 1.54) is 9.13 Å². The van der Waals surface area contributed by atoms with Crippen molar-refractivity contribution < 1.29 is 56.0 Å². The van der Waals surface area contributed by atoms with Crippen LogP contribution in [0.3, 0.4) is 0 Å². The normalized spacial score (nSPS) is 14.0. The monoisotopic (exact) mass is 784 g/mol. The zero-order valence-electron chi connectivity index (χ0n) is 28.8. The molecule has 6 aromatic rings. The lowest BCUT2D eigenvalue weighted by molar-refractivity contribution is -0.384. The van der Waals surface area contributed by atoms with Crippen LogP contribution in [0.5, 0.6) is 0 Å². The first-order chi connectivity index (χ1) is 26.3. The zero-order chi connectivity index (χ0) is 41.1. The Bertz CT molecular complexity index is 2230. The third-order valence-electron chi connectivity index (χ3n) is 9.13. The highest BCUT2D eigenvalue weighted by atomic mass is 19.4. The van der Waals surface area contributed by atoms with Crippen molar-refractivity contribution in [2.45, 2.75) is 49.5 Å². The molecular formula is C38H30F6N4O8. The van der Waals surface area contributed by atoms with E-state index in [0.29, 0.717) is 0 Å². The van der Waals surface area contributed by atoms with Crippen LogP contribution in [0.25, 0.3) is 21.8 Å². The van der Waals surface area contributed by atoms with Crippen molar-refractivity contribution in [1.29, 1.82) is 0 Å². The largest absolute Gasteiger partial charge is 0.421 e. The molecule has 6 rings (SSSR count). The lowest BCUT2D eigenvalue weighted by atomic mass is 9.90. The van der Waals surface area contributed by atoms with E-state index in [1.54, 1.807) is 60.7 Å². The van der Waals surface area contributed by atoms with Crippen molar-refractivity contribution in [3.8, 4) is 0 Å². The summed E-state index contributed by atoms with van der Waals surface area (Å²) >= 11 is 0. The van der Waals surface area contributed by atoms with Crippen LogP contribution in [-0.4, -0.2) is 54.1 Å². The van der Waals surface area contributed by atoms with Crippen molar-refractivity contribution in [3.63, 3.8) is 0 Å². The smallest absolute Gasteiger partial charge is 0.376 e. The molecule has 0 aliphatic carbocycles. The molecule has 2 atom stereocenters. The summed E-state index contributed by atoms with van der Waals surface area (Å²) < 4.78 is 84.5. The molecule has 0 saturated heterocycles. The van der Waals surface area contributed by atoms with Gasteiger partial charge in [-0.15, -0.1) is 0 Å². The Kier molecular flexibility index (Phi) is 11.5. The van der Waals surface area contributed by atoms with E-state index in [0.717, 1.165) is 59.9 Å². The molecule has 2 heterocycles. The molecule has 0 spiro atoms. The summed E-state index contributed by atoms with van der Waals surface area (Å²) in [7, 11) is 0. The molecule has 2 aromatic heterocycles. The van der Waals surface area contributed by atoms with E-state index in [1.807, 2.05) is 0 Å². The van der Waals surface area contributed by atoms with Gasteiger partial charge in [0.1, 0.15) is 12.6 Å². The summed E-state index contributed by atoms with van der Waals surface area (Å²) in [4.78, 5) is 42.6. The summed E-state index contributed by atoms with van der Waals surface area (Å²) in [6.45, 7) is 0.265. The topological polar surface area (TPSA) is 171 Å². The fourth-order valence-corrected chi connectivity index (χ4v) is 6.27. The minimum absolute atomic E-state index is 0.000745. The number of halogens is 6. The summed E-state index contributed by atoms with van der Waals surface area (Å²) in [6.07, 6.45) is -10.4. The number of alkyl halides is 6. The number of non-ortho nitro benzene ring substituents is 2. The molecule has 0 aliphatic heterocycles. The number of hydrogen-bond acceptors (Lipinski definition) is 8. The maximum Gasteiger partial charge on any atom is 0.421 e. The van der Waals surface area contributed by atoms with E-state index < -0.39 is 57.4 Å². The number of aldehydes is 2. The molecule has 56 heavy (non-hydrogen) atoms. The van der Waals surface area contributed by atoms with Crippen LogP contribution < -0.4 is 0 Å². The van der Waals surface area contributed by atoms with Crippen molar-refractivity contribution in [2.75, 3.05) is 0 Å². The Balaban J connectivity index is 0.000000214. The number of nitrogens with zero attached hydrogens (tertiary/aromatic N) is 4. The number of carbonyl (C=O) groups is 2. The van der Waals surface area contributed by atoms with Gasteiger partial charge in [-0.25, -0.2) is 0 Å². The molecule has 0 radical (unpaired) electrons. The first-order valence-electron chi connectivity index (χ1n) is 16.4. The summed E-state index contributed by atoms with van der Waals surface area (Å²) in [5, 5.41) is 42.9. The molecule has 292 valence electrons. The molecule has 4 aromatic carbocycles. The van der Waals surface area contributed by atoms with Crippen molar-refractivity contribution in [1.82, 2.24) is 9.13 Å². The van der Waals surface area contributed by atoms with E-state index in [-0.39, 0.29) is 58.8 Å². The van der Waals surface area contributed by atoms with Gasteiger partial charge in [-0.1, -0.05) is 60.7 Å². The molecule has 2 N–H and O–H groups in total. The highest BCUT2D eigenvalue weighted by Gasteiger charge is 2.57. The predicted molar refractivity (Wildman–Crippen MR) is 190 cm³/mol. The Morgan fingerprint density at radius 3 is 1.20 bits per heavy atom. The highest BCUT2D eigenvalue weighted by molar-refractivity contribution is 5.88. The van der Waals surface area contributed by atoms with Gasteiger partial charge in [0.2, 0.25) is 0 Å². The van der Waals surface area contributed by atoms with Gasteiger partial charge in [0.15, 0.2) is 11.2 Å². The molecule has 12 nitrogen and oxygen atoms in total. The number of fused-ring (bicyclic) bond motifs is 2. The fourth-order valence-electron chi connectivity index (χ4n) is 6.27. The van der Waals surface area contributed by atoms with Gasteiger partial charge in [0.05, 0.1) is 20.9 Å². The molecule has 0 bridgehead atoms. The maximum absolute atomic E-state index is 13.6. The molecule has 0 saturated carbocycles. The number of aliphatic hydroxyl groups is 2. The van der Waals surface area contributed by atoms with Crippen LogP contribution in [0.1, 0.15) is 35.1 Å². The number of nitro groups is 2. The molecule has 18 heteroatoms. The number of benzene rings is 4. The van der Waals surface area contributed by atoms with E-state index in [4.69, 9.17) is 0 Å². The third kappa shape index (κ3) is 8.01. The molecular weight excluding hydrogens is 754 g/mol. The SMILES string of the molecule is O=CCC(O)(c1cn(Cc2ccccc2)c2cc([N+](=O)[O-])ccc12)C(F)(F)F.O=CCC(O)(c1cn(Cc2ccccc2)c2cc([N+](=O)[O-])ccc12)C(F)(F)F. The predicted octanol–water partition coefficient (Wildman–Crippen LogP) is 7.87. The Hall–Kier alpha value is -6.40. The Morgan fingerprint density at radius 1 is 0.571 bits per heavy atom. The van der Waals surface area contributed by atoms with Crippen LogP contribution in [0, 0.1) is 20.2 Å². The molecule has 0 fully saturated rings. The quantitative estimate of drug-likeness (QED) is 0.0547. The highest BCUT2D eigenvalue weighted by Crippen LogP contribution is 2.46. The Morgan fingerprint density at radius 2 is 0.911 bits per heavy atom. The van der Waals surface area contributed by atoms with Crippen LogP contribution in [0.4, 0.5) is 37.7 Å². The number of hydrogen-bond donors (Lipinski definition) is 2. The van der Waals surface area contributed by atoms with Gasteiger partial charge >= 0.3 is 12.4 Å². The van der Waals surface area contributed by atoms with Gasteiger partial charge in [0.25, 0.3) is 11.4 Å². The summed E-state index contributed by atoms with van der Waals surface area (Å²) in [5.74, 6) is 0. The van der Waals surface area contributed by atoms with E-state index in [2.05, 4.69) is 0 Å². The maximum atomic E-state index is 13.6. The number of rotatable bonds is 12. The minimum atomic E-state index is -5.11. The van der Waals surface area contributed by atoms with E-state index in [9.17, 15) is 66.4 Å². The second-order valence-corrected chi connectivity index (χ2v) is 12.7. The molecule has 2 unspecified atom stereocenters. The number of aromatic nitrogens is 2. The van der Waals surface area contributed by atoms with Crippen LogP contribution >= 0.6 is 0 Å². The lowest BCUT2D eigenvalue weighted by Gasteiger charge is -2.28. The first-order valence-corrected chi connectivity index (χ1v) is 16.4. The van der Waals surface area contributed by atoms with Gasteiger partial charge in [-0.2, -0.15) is 26.3 Å². The van der Waals surface area contributed by atoms with E-state index >= 15 is 0 Å². The average Bonchev–Trinajstić information content (AvgIpc) is 3.70. The zero-order valence-corrected chi connectivity index (χ0v) is 28.8. The van der Waals surface area contributed by atoms with Crippen LogP contribution in [-0.2, 0) is 33.9 Å². The minimum Gasteiger partial charge on any atom is -0.376 e. The second-order valence-electron chi connectivity index (χ2n) is 12.7. The summed E-state index contributed by atoms with van der Waals surface area (Å²) in [5.41, 5.74) is -6.61. The standard InChI is InChI=1S/2C19H15F3N2O4/c2*20-19(21,22)18(26,8-9-25)16-12-23(11-13-4-2-1-3-5-13)17-10-14(24(27)28)6-7-15(16)17/h2*1-7,9-10,12,26H,8,11H2. The summed E-state index contributed by atoms with van der Waals surface area (Å²) in [6, 6.07) is 24.3. The average molecular weight is 785 g/mol. The van der Waals surface area contributed by atoms with Crippen molar-refractivity contribution >= 4 is 45.8 Å². The van der Waals surface area contributed by atoms with Crippen LogP contribution in [0.2, 0.25) is 0 Å². The first kappa shape index (κ1) is 40.8.